The van der Waals surface area contributed by atoms with Gasteiger partial charge in [-0.1, -0.05) is 6.07 Å². The molecule has 0 aliphatic carbocycles. The number of rotatable bonds is 2. The Hall–Kier alpha value is -1.87. The molecule has 1 N–H and O–H groups in total. The molecule has 0 saturated heterocycles. The molecule has 96 valence electrons. The van der Waals surface area contributed by atoms with Gasteiger partial charge in [0.25, 0.3) is 0 Å². The summed E-state index contributed by atoms with van der Waals surface area (Å²) < 4.78 is 0. The lowest BCUT2D eigenvalue weighted by molar-refractivity contribution is 1.00. The van der Waals surface area contributed by atoms with Crippen LogP contribution in [0.25, 0.3) is 10.9 Å². The molecule has 4 heteroatoms. The Kier molecular flexibility index (Phi) is 2.99. The number of aryl methyl sites for hydroxylation is 2. The maximum atomic E-state index is 5.89. The highest BCUT2D eigenvalue weighted by molar-refractivity contribution is 6.28. The van der Waals surface area contributed by atoms with Crippen LogP contribution in [0, 0.1) is 13.8 Å². The predicted octanol–water partition coefficient (Wildman–Crippen LogP) is 3.82. The van der Waals surface area contributed by atoms with E-state index in [1.54, 1.807) is 0 Å². The normalized spacial score (nSPS) is 11.1. The molecule has 0 atom stereocenters. The van der Waals surface area contributed by atoms with Crippen LogP contribution in [0.2, 0.25) is 5.28 Å². The van der Waals surface area contributed by atoms with E-state index in [1.165, 1.54) is 16.6 Å². The van der Waals surface area contributed by atoms with Crippen molar-refractivity contribution >= 4 is 22.5 Å². The number of hydrogen-bond donors (Lipinski definition) is 1. The number of H-pyrrole nitrogens is 1. The first kappa shape index (κ1) is 12.2. The Balaban J connectivity index is 1.95. The second kappa shape index (κ2) is 4.67. The molecular formula is C15H14ClN3. The van der Waals surface area contributed by atoms with Gasteiger partial charge in [0.2, 0.25) is 5.28 Å². The topological polar surface area (TPSA) is 41.6 Å². The minimum absolute atomic E-state index is 0.313. The van der Waals surface area contributed by atoms with Gasteiger partial charge in [0.05, 0.1) is 0 Å². The number of benzene rings is 1. The lowest BCUT2D eigenvalue weighted by Gasteiger charge is -2.03. The van der Waals surface area contributed by atoms with E-state index in [1.807, 2.05) is 13.0 Å². The third-order valence-electron chi connectivity index (χ3n) is 3.09. The Labute approximate surface area is 116 Å². The standard InChI is InChI=1S/C15H14ClN3/c1-9-5-12-7-11(3-4-14(12)17-9)8-13-6-10(2)18-15(16)19-13/h3-7,17H,8H2,1-2H3. The van der Waals surface area contributed by atoms with Crippen LogP contribution < -0.4 is 0 Å². The van der Waals surface area contributed by atoms with Crippen LogP contribution in [0.3, 0.4) is 0 Å². The van der Waals surface area contributed by atoms with E-state index >= 15 is 0 Å². The predicted molar refractivity (Wildman–Crippen MR) is 77.6 cm³/mol. The summed E-state index contributed by atoms with van der Waals surface area (Å²) in [4.78, 5) is 11.7. The molecule has 2 heterocycles. The third-order valence-corrected chi connectivity index (χ3v) is 3.25. The minimum atomic E-state index is 0.313. The summed E-state index contributed by atoms with van der Waals surface area (Å²) in [7, 11) is 0. The average molecular weight is 272 g/mol. The van der Waals surface area contributed by atoms with Crippen molar-refractivity contribution in [1.29, 1.82) is 0 Å². The number of aromatic amines is 1. The zero-order valence-electron chi connectivity index (χ0n) is 10.9. The molecule has 0 bridgehead atoms. The van der Waals surface area contributed by atoms with Gasteiger partial charge in [-0.05, 0) is 60.7 Å². The number of aromatic nitrogens is 3. The summed E-state index contributed by atoms with van der Waals surface area (Å²) in [5.41, 5.74) is 5.41. The minimum Gasteiger partial charge on any atom is -0.359 e. The SMILES string of the molecule is Cc1cc(Cc2ccc3[nH]c(C)cc3c2)nc(Cl)n1. The quantitative estimate of drug-likeness (QED) is 0.720. The van der Waals surface area contributed by atoms with Gasteiger partial charge in [-0.3, -0.25) is 0 Å². The van der Waals surface area contributed by atoms with Gasteiger partial charge in [-0.25, -0.2) is 9.97 Å². The van der Waals surface area contributed by atoms with Crippen LogP contribution in [-0.4, -0.2) is 15.0 Å². The molecule has 3 rings (SSSR count). The molecule has 3 nitrogen and oxygen atoms in total. The molecule has 0 saturated carbocycles. The van der Waals surface area contributed by atoms with Crippen molar-refractivity contribution in [3.05, 3.63) is 58.3 Å². The van der Waals surface area contributed by atoms with Gasteiger partial charge in [-0.15, -0.1) is 0 Å². The van der Waals surface area contributed by atoms with E-state index in [4.69, 9.17) is 11.6 Å². The number of fused-ring (bicyclic) bond motifs is 1. The number of nitrogens with one attached hydrogen (secondary N) is 1. The first-order valence-electron chi connectivity index (χ1n) is 6.18. The smallest absolute Gasteiger partial charge is 0.222 e. The fraction of sp³-hybridized carbons (Fsp3) is 0.200. The lowest BCUT2D eigenvalue weighted by atomic mass is 10.1. The molecule has 0 radical (unpaired) electrons. The number of nitrogens with zero attached hydrogens (tertiary/aromatic N) is 2. The van der Waals surface area contributed by atoms with Gasteiger partial charge in [0, 0.05) is 29.0 Å². The second-order valence-corrected chi connectivity index (χ2v) is 5.16. The first-order chi connectivity index (χ1) is 9.10. The molecule has 0 unspecified atom stereocenters. The van der Waals surface area contributed by atoms with Crippen LogP contribution in [0.1, 0.15) is 22.6 Å². The summed E-state index contributed by atoms with van der Waals surface area (Å²) in [6.45, 7) is 3.99. The van der Waals surface area contributed by atoms with Gasteiger partial charge in [-0.2, -0.15) is 0 Å². The maximum Gasteiger partial charge on any atom is 0.222 e. The molecule has 0 amide bonds. The molecule has 3 aromatic rings. The largest absolute Gasteiger partial charge is 0.359 e. The van der Waals surface area contributed by atoms with Crippen molar-refractivity contribution < 1.29 is 0 Å². The molecule has 0 fully saturated rings. The van der Waals surface area contributed by atoms with Crippen LogP contribution in [-0.2, 0) is 6.42 Å². The van der Waals surface area contributed by atoms with Crippen molar-refractivity contribution in [3.8, 4) is 0 Å². The summed E-state index contributed by atoms with van der Waals surface area (Å²) in [5.74, 6) is 0. The average Bonchev–Trinajstić information content (AvgIpc) is 2.67. The zero-order chi connectivity index (χ0) is 13.4. The molecule has 0 spiro atoms. The Morgan fingerprint density at radius 2 is 1.95 bits per heavy atom. The highest BCUT2D eigenvalue weighted by Gasteiger charge is 2.04. The monoisotopic (exact) mass is 271 g/mol. The maximum absolute atomic E-state index is 5.89. The molecule has 19 heavy (non-hydrogen) atoms. The number of hydrogen-bond acceptors (Lipinski definition) is 2. The third kappa shape index (κ3) is 2.61. The number of halogens is 1. The molecule has 2 aromatic heterocycles. The van der Waals surface area contributed by atoms with E-state index < -0.39 is 0 Å². The summed E-state index contributed by atoms with van der Waals surface area (Å²) in [6.07, 6.45) is 0.767. The van der Waals surface area contributed by atoms with Crippen molar-refractivity contribution in [2.75, 3.05) is 0 Å². The second-order valence-electron chi connectivity index (χ2n) is 4.82. The molecule has 0 aliphatic heterocycles. The van der Waals surface area contributed by atoms with E-state index in [-0.39, 0.29) is 0 Å². The highest BCUT2D eigenvalue weighted by Crippen LogP contribution is 2.19. The van der Waals surface area contributed by atoms with Gasteiger partial charge < -0.3 is 4.98 Å². The molecular weight excluding hydrogens is 258 g/mol. The van der Waals surface area contributed by atoms with Crippen LogP contribution in [0.5, 0.6) is 0 Å². The Bertz CT molecular complexity index is 726. The van der Waals surface area contributed by atoms with Crippen LogP contribution in [0.4, 0.5) is 0 Å². The van der Waals surface area contributed by atoms with E-state index in [0.717, 1.165) is 23.3 Å². The van der Waals surface area contributed by atoms with Gasteiger partial charge >= 0.3 is 0 Å². The van der Waals surface area contributed by atoms with Crippen LogP contribution in [0.15, 0.2) is 30.3 Å². The first-order valence-corrected chi connectivity index (χ1v) is 6.56. The summed E-state index contributed by atoms with van der Waals surface area (Å²) >= 11 is 5.89. The fourth-order valence-corrected chi connectivity index (χ4v) is 2.57. The van der Waals surface area contributed by atoms with Crippen molar-refractivity contribution in [1.82, 2.24) is 15.0 Å². The Morgan fingerprint density at radius 1 is 1.11 bits per heavy atom. The van der Waals surface area contributed by atoms with E-state index in [2.05, 4.69) is 46.1 Å². The van der Waals surface area contributed by atoms with Crippen molar-refractivity contribution in [2.45, 2.75) is 20.3 Å². The Morgan fingerprint density at radius 3 is 2.74 bits per heavy atom. The van der Waals surface area contributed by atoms with E-state index in [9.17, 15) is 0 Å². The zero-order valence-corrected chi connectivity index (χ0v) is 11.6. The fourth-order valence-electron chi connectivity index (χ4n) is 2.33. The van der Waals surface area contributed by atoms with Crippen molar-refractivity contribution in [2.24, 2.45) is 0 Å². The van der Waals surface area contributed by atoms with Crippen molar-refractivity contribution in [3.63, 3.8) is 0 Å². The van der Waals surface area contributed by atoms with E-state index in [0.29, 0.717) is 5.28 Å². The highest BCUT2D eigenvalue weighted by atomic mass is 35.5. The lowest BCUT2D eigenvalue weighted by Crippen LogP contribution is -1.96. The summed E-state index contributed by atoms with van der Waals surface area (Å²) in [5, 5.41) is 1.54. The van der Waals surface area contributed by atoms with Gasteiger partial charge in [0.15, 0.2) is 0 Å². The molecule has 1 aromatic carbocycles. The van der Waals surface area contributed by atoms with Gasteiger partial charge in [0.1, 0.15) is 0 Å². The molecule has 0 aliphatic rings. The van der Waals surface area contributed by atoms with Crippen LogP contribution >= 0.6 is 11.6 Å². The summed E-state index contributed by atoms with van der Waals surface area (Å²) in [6, 6.07) is 10.5.